The molecule has 56 heavy (non-hydrogen) atoms. The van der Waals surface area contributed by atoms with Gasteiger partial charge in [0.1, 0.15) is 59.0 Å². The van der Waals surface area contributed by atoms with Crippen molar-refractivity contribution in [2.45, 2.75) is 102 Å². The van der Waals surface area contributed by atoms with Crippen molar-refractivity contribution in [3.05, 3.63) is 41.5 Å². The Morgan fingerprint density at radius 3 is 2.68 bits per heavy atom. The molecule has 15 heteroatoms. The van der Waals surface area contributed by atoms with Crippen LogP contribution >= 0.6 is 0 Å². The predicted molar refractivity (Wildman–Crippen MR) is 202 cm³/mol. The van der Waals surface area contributed by atoms with Crippen molar-refractivity contribution in [3.63, 3.8) is 0 Å². The van der Waals surface area contributed by atoms with Crippen LogP contribution in [0.25, 0.3) is 32.9 Å². The molecule has 5 aliphatic rings. The molecule has 4 aromatic rings. The molecule has 2 aromatic carbocycles. The first kappa shape index (κ1) is 37.0. The number of aromatic nitrogens is 3. The molecule has 5 aliphatic heterocycles. The van der Waals surface area contributed by atoms with Crippen LogP contribution in [0.5, 0.6) is 17.6 Å². The van der Waals surface area contributed by atoms with Crippen molar-refractivity contribution >= 4 is 33.6 Å². The van der Waals surface area contributed by atoms with Gasteiger partial charge >= 0.3 is 12.1 Å². The van der Waals surface area contributed by atoms with E-state index in [0.717, 1.165) is 25.8 Å². The summed E-state index contributed by atoms with van der Waals surface area (Å²) in [6.45, 7) is 9.09. The van der Waals surface area contributed by atoms with Crippen LogP contribution in [0.15, 0.2) is 24.3 Å². The van der Waals surface area contributed by atoms with E-state index < -0.39 is 28.9 Å². The van der Waals surface area contributed by atoms with Crippen molar-refractivity contribution in [2.75, 3.05) is 51.7 Å². The fourth-order valence-electron chi connectivity index (χ4n) is 9.78. The van der Waals surface area contributed by atoms with Gasteiger partial charge in [0.25, 0.3) is 0 Å². The summed E-state index contributed by atoms with van der Waals surface area (Å²) in [5.41, 5.74) is -0.665. The molecule has 0 radical (unpaired) electrons. The van der Waals surface area contributed by atoms with E-state index in [1.54, 1.807) is 18.2 Å². The van der Waals surface area contributed by atoms with Crippen LogP contribution in [0.4, 0.5) is 23.8 Å². The maximum absolute atomic E-state index is 17.6. The predicted octanol–water partition coefficient (Wildman–Crippen LogP) is 6.97. The van der Waals surface area contributed by atoms with Gasteiger partial charge in [0.15, 0.2) is 12.6 Å². The number of pyridine rings is 1. The van der Waals surface area contributed by atoms with Gasteiger partial charge < -0.3 is 28.6 Å². The minimum absolute atomic E-state index is 0.0528. The molecule has 0 unspecified atom stereocenters. The first-order valence-electron chi connectivity index (χ1n) is 19.6. The number of methoxy groups -OCH3 is 1. The number of hydrogen-bond donors (Lipinski definition) is 0. The first-order chi connectivity index (χ1) is 26.9. The van der Waals surface area contributed by atoms with Gasteiger partial charge in [0.05, 0.1) is 23.7 Å². The Balaban J connectivity index is 1.21. The van der Waals surface area contributed by atoms with Crippen LogP contribution in [-0.2, 0) is 15.9 Å². The third kappa shape index (κ3) is 6.12. The molecule has 9 rings (SSSR count). The van der Waals surface area contributed by atoms with Crippen molar-refractivity contribution in [1.29, 1.82) is 0 Å². The summed E-state index contributed by atoms with van der Waals surface area (Å²) < 4.78 is 77.5. The minimum Gasteiger partial charge on any atom is -0.475 e. The molecule has 5 atom stereocenters. The third-order valence-electron chi connectivity index (χ3n) is 12.1. The van der Waals surface area contributed by atoms with Crippen LogP contribution in [0.1, 0.15) is 65.4 Å². The second-order valence-corrected chi connectivity index (χ2v) is 16.7. The van der Waals surface area contributed by atoms with E-state index in [4.69, 9.17) is 38.6 Å². The lowest BCUT2D eigenvalue weighted by Gasteiger charge is -2.46. The summed E-state index contributed by atoms with van der Waals surface area (Å²) in [6.07, 6.45) is 2.50. The molecule has 12 nitrogen and oxygen atoms in total. The van der Waals surface area contributed by atoms with Gasteiger partial charge in [0, 0.05) is 32.2 Å². The highest BCUT2D eigenvalue weighted by Gasteiger charge is 2.52. The lowest BCUT2D eigenvalue weighted by Crippen LogP contribution is -2.63. The number of alkyl halides is 1. The molecule has 4 saturated heterocycles. The summed E-state index contributed by atoms with van der Waals surface area (Å²) in [7, 11) is 1.50. The molecule has 1 amide bonds. The monoisotopic (exact) mass is 776 g/mol. The highest BCUT2D eigenvalue weighted by atomic mass is 19.1. The Morgan fingerprint density at radius 1 is 1.05 bits per heavy atom. The average Bonchev–Trinajstić information content (AvgIpc) is 3.76. The van der Waals surface area contributed by atoms with Gasteiger partial charge in [-0.15, -0.1) is 0 Å². The van der Waals surface area contributed by atoms with Crippen LogP contribution < -0.4 is 19.1 Å². The molecule has 298 valence electrons. The smallest absolute Gasteiger partial charge is 0.410 e. The Kier molecular flexibility index (Phi) is 9.10. The van der Waals surface area contributed by atoms with Gasteiger partial charge in [-0.3, -0.25) is 9.80 Å². The molecule has 2 bridgehead atoms. The maximum atomic E-state index is 17.6. The van der Waals surface area contributed by atoms with E-state index in [2.05, 4.69) is 9.80 Å². The number of rotatable bonds is 8. The minimum atomic E-state index is -0.958. The van der Waals surface area contributed by atoms with E-state index in [-0.39, 0.29) is 72.7 Å². The Labute approximate surface area is 323 Å². The summed E-state index contributed by atoms with van der Waals surface area (Å²) >= 11 is 0. The second-order valence-electron chi connectivity index (χ2n) is 16.7. The molecule has 7 heterocycles. The van der Waals surface area contributed by atoms with Crippen molar-refractivity contribution in [3.8, 4) is 28.9 Å². The van der Waals surface area contributed by atoms with Gasteiger partial charge in [-0.1, -0.05) is 13.0 Å². The van der Waals surface area contributed by atoms with Crippen LogP contribution in [-0.4, -0.2) is 113 Å². The Hall–Kier alpha value is -4.63. The lowest BCUT2D eigenvalue weighted by molar-refractivity contribution is 0.00537. The number of hydrogen-bond acceptors (Lipinski definition) is 11. The van der Waals surface area contributed by atoms with E-state index in [1.165, 1.54) is 13.2 Å². The molecule has 0 saturated carbocycles. The molecule has 0 N–H and O–H groups in total. The quantitative estimate of drug-likeness (QED) is 0.173. The standard InChI is InChI=1S/C41H47F3N6O6/c1-6-26-28(43)10-8-22-14-25(55-21-52-5)15-27(31(22)26)34-33(44)35-32-36(47-38(46-35)54-20-41-12-7-13-48(41)17-23(42)16-41)49-18-24-9-11-29(30(49)19-53-37(32)45-34)50(24)39(51)56-40(2,3)4/h8,10,14-15,23-24,29-30H,6-7,9,11-13,16-21H2,1-5H3/t23-,24-,29+,30-,41+/m1/s1. The third-order valence-corrected chi connectivity index (χ3v) is 12.1. The number of halogens is 3. The number of carbonyl (C=O) groups excluding carboxylic acids is 1. The van der Waals surface area contributed by atoms with Crippen molar-refractivity contribution in [2.24, 2.45) is 0 Å². The Morgan fingerprint density at radius 2 is 1.89 bits per heavy atom. The van der Waals surface area contributed by atoms with Crippen LogP contribution in [0.3, 0.4) is 0 Å². The van der Waals surface area contributed by atoms with E-state index in [0.29, 0.717) is 65.8 Å². The van der Waals surface area contributed by atoms with Gasteiger partial charge in [-0.2, -0.15) is 9.97 Å². The number of benzene rings is 2. The number of ether oxygens (including phenoxy) is 5. The van der Waals surface area contributed by atoms with Gasteiger partial charge in [-0.05, 0) is 94.0 Å². The zero-order valence-corrected chi connectivity index (χ0v) is 32.4. The second kappa shape index (κ2) is 13.8. The number of fused-ring (bicyclic) bond motifs is 7. The number of piperazine rings is 1. The Bertz CT molecular complexity index is 2220. The highest BCUT2D eigenvalue weighted by molar-refractivity contribution is 6.03. The largest absolute Gasteiger partial charge is 0.475 e. The molecule has 2 aromatic heterocycles. The van der Waals surface area contributed by atoms with Crippen LogP contribution in [0, 0.1) is 11.6 Å². The molecular formula is C41H47F3N6O6. The highest BCUT2D eigenvalue weighted by Crippen LogP contribution is 2.47. The topological polar surface area (TPSA) is 112 Å². The zero-order valence-electron chi connectivity index (χ0n) is 32.4. The number of aryl methyl sites for hydroxylation is 1. The van der Waals surface area contributed by atoms with E-state index in [1.807, 2.05) is 32.6 Å². The van der Waals surface area contributed by atoms with Crippen molar-refractivity contribution in [1.82, 2.24) is 24.8 Å². The van der Waals surface area contributed by atoms with E-state index >= 15 is 8.78 Å². The van der Waals surface area contributed by atoms with Crippen molar-refractivity contribution < 1.29 is 41.7 Å². The fourth-order valence-corrected chi connectivity index (χ4v) is 9.78. The number of nitrogens with zero attached hydrogens (tertiary/aromatic N) is 6. The van der Waals surface area contributed by atoms with E-state index in [9.17, 15) is 9.18 Å². The number of amides is 1. The summed E-state index contributed by atoms with van der Waals surface area (Å²) in [5, 5.41) is 1.39. The first-order valence-corrected chi connectivity index (χ1v) is 19.6. The molecule has 0 spiro atoms. The molecular weight excluding hydrogens is 729 g/mol. The summed E-state index contributed by atoms with van der Waals surface area (Å²) in [5.74, 6) is -0.320. The molecule has 4 fully saturated rings. The van der Waals surface area contributed by atoms with Gasteiger partial charge in [-0.25, -0.2) is 22.9 Å². The summed E-state index contributed by atoms with van der Waals surface area (Å²) in [4.78, 5) is 34.1. The maximum Gasteiger partial charge on any atom is 0.410 e. The fraction of sp³-hybridized carbons (Fsp3) is 0.561. The molecule has 0 aliphatic carbocycles. The van der Waals surface area contributed by atoms with Gasteiger partial charge in [0.2, 0.25) is 5.88 Å². The SMILES string of the molecule is CCc1c(F)ccc2cc(OCOC)cc(-c3nc4c5c(nc(OC[C@@]67CCCN6C[C@H](F)C7)nc5c3F)N3C[C@H]5CC[C@@H]([C@H]3CO4)N5C(=O)OC(C)(C)C)c12. The zero-order chi connectivity index (χ0) is 39.1. The number of anilines is 1. The summed E-state index contributed by atoms with van der Waals surface area (Å²) in [6, 6.07) is 5.50. The average molecular weight is 777 g/mol. The number of carbonyl (C=O) groups is 1. The lowest BCUT2D eigenvalue weighted by atomic mass is 9.94. The normalized spacial score (nSPS) is 25.6. The van der Waals surface area contributed by atoms with Crippen LogP contribution in [0.2, 0.25) is 0 Å².